The molecule has 15 heteroatoms. The Morgan fingerprint density at radius 2 is 1.43 bits per heavy atom. The van der Waals surface area contributed by atoms with Gasteiger partial charge in [-0.3, -0.25) is 39.0 Å². The monoisotopic (exact) mass is 811 g/mol. The fourth-order valence-corrected chi connectivity index (χ4v) is 8.55. The van der Waals surface area contributed by atoms with Crippen molar-refractivity contribution >= 4 is 70.0 Å². The van der Waals surface area contributed by atoms with E-state index in [2.05, 4.69) is 31.2 Å². The van der Waals surface area contributed by atoms with Crippen LogP contribution >= 0.6 is 0 Å². The van der Waals surface area contributed by atoms with Crippen LogP contribution < -0.4 is 31.1 Å². The molecule has 15 nitrogen and oxygen atoms in total. The van der Waals surface area contributed by atoms with Crippen LogP contribution in [0.1, 0.15) is 118 Å². The number of hydrogen-bond donors (Lipinski definition) is 4. The third-order valence-electron chi connectivity index (χ3n) is 11.8. The van der Waals surface area contributed by atoms with E-state index in [4.69, 9.17) is 4.98 Å². The third kappa shape index (κ3) is 8.29. The molecule has 310 valence electrons. The van der Waals surface area contributed by atoms with Crippen LogP contribution in [-0.4, -0.2) is 82.5 Å². The van der Waals surface area contributed by atoms with E-state index in [0.29, 0.717) is 41.7 Å². The fraction of sp³-hybridized carbons (Fsp3) is 0.378. The van der Waals surface area contributed by atoms with Gasteiger partial charge in [-0.05, 0) is 86.7 Å². The molecule has 0 radical (unpaired) electrons. The lowest BCUT2D eigenvalue weighted by Crippen LogP contribution is -2.54. The minimum absolute atomic E-state index is 0.0817. The molecule has 4 N–H and O–H groups in total. The Bertz CT molecular complexity index is 2330. The van der Waals surface area contributed by atoms with Crippen LogP contribution in [0, 0.1) is 0 Å². The normalized spacial score (nSPS) is 17.6. The summed E-state index contributed by atoms with van der Waals surface area (Å²) in [7, 11) is 1.76. The first-order valence-corrected chi connectivity index (χ1v) is 21.0. The maximum atomic E-state index is 13.5. The summed E-state index contributed by atoms with van der Waals surface area (Å²) in [6.45, 7) is 1.29. The van der Waals surface area contributed by atoms with E-state index in [1.165, 1.54) is 0 Å². The Labute approximate surface area is 348 Å². The molecule has 1 aliphatic carbocycles. The number of piperidine rings is 1. The number of para-hydroxylation sites is 1. The lowest BCUT2D eigenvalue weighted by Gasteiger charge is -2.31. The SMILES string of the molecule is CN1C(=O)c2ccccc2N(C2CCCC2)c2nc(Nc3ccc(C(=O)NCCCCCCCCNc4ccc5c(c4)C(=O)N(C4CCC(=O)NC4=O)C5=O)cc3)ncc21. The zero-order valence-corrected chi connectivity index (χ0v) is 33.7. The number of fused-ring (bicyclic) bond motifs is 3. The summed E-state index contributed by atoms with van der Waals surface area (Å²) < 4.78 is 0. The van der Waals surface area contributed by atoms with Crippen molar-refractivity contribution in [1.82, 2.24) is 25.5 Å². The van der Waals surface area contributed by atoms with Gasteiger partial charge in [-0.2, -0.15) is 4.98 Å². The molecule has 4 heterocycles. The Balaban J connectivity index is 0.747. The van der Waals surface area contributed by atoms with Gasteiger partial charge >= 0.3 is 0 Å². The van der Waals surface area contributed by atoms with Crippen LogP contribution in [0.4, 0.5) is 34.5 Å². The Hall–Kier alpha value is -6.64. The van der Waals surface area contributed by atoms with Crippen molar-refractivity contribution in [3.05, 3.63) is 95.2 Å². The molecule has 1 aromatic heterocycles. The predicted molar refractivity (Wildman–Crippen MR) is 227 cm³/mol. The average Bonchev–Trinajstić information content (AvgIpc) is 3.85. The number of unbranched alkanes of at least 4 members (excludes halogenated alkanes) is 5. The number of aromatic nitrogens is 2. The van der Waals surface area contributed by atoms with E-state index in [-0.39, 0.29) is 41.8 Å². The number of anilines is 6. The summed E-state index contributed by atoms with van der Waals surface area (Å²) in [6, 6.07) is 19.2. The molecule has 0 bridgehead atoms. The highest BCUT2D eigenvalue weighted by molar-refractivity contribution is 6.23. The van der Waals surface area contributed by atoms with E-state index in [0.717, 1.165) is 86.2 Å². The molecule has 6 amide bonds. The molecule has 3 aromatic carbocycles. The van der Waals surface area contributed by atoms with Crippen LogP contribution in [0.5, 0.6) is 0 Å². The molecule has 1 saturated carbocycles. The van der Waals surface area contributed by atoms with Gasteiger partial charge in [-0.25, -0.2) is 4.98 Å². The van der Waals surface area contributed by atoms with Gasteiger partial charge in [-0.1, -0.05) is 50.7 Å². The molecule has 8 rings (SSSR count). The molecular formula is C45H49N9O6. The molecule has 1 unspecified atom stereocenters. The van der Waals surface area contributed by atoms with Crippen molar-refractivity contribution in [3.63, 3.8) is 0 Å². The summed E-state index contributed by atoms with van der Waals surface area (Å²) >= 11 is 0. The smallest absolute Gasteiger partial charge is 0.262 e. The molecule has 2 fully saturated rings. The zero-order valence-electron chi connectivity index (χ0n) is 33.7. The quantitative estimate of drug-likeness (QED) is 0.0761. The summed E-state index contributed by atoms with van der Waals surface area (Å²) in [5.74, 6) is -1.18. The van der Waals surface area contributed by atoms with E-state index in [9.17, 15) is 28.8 Å². The number of carbonyl (C=O) groups is 6. The Morgan fingerprint density at radius 3 is 2.20 bits per heavy atom. The molecule has 4 aliphatic rings. The van der Waals surface area contributed by atoms with Crippen molar-refractivity contribution in [2.24, 2.45) is 0 Å². The van der Waals surface area contributed by atoms with Crippen molar-refractivity contribution in [1.29, 1.82) is 0 Å². The maximum absolute atomic E-state index is 13.5. The Morgan fingerprint density at radius 1 is 0.733 bits per heavy atom. The van der Waals surface area contributed by atoms with Crippen LogP contribution in [-0.2, 0) is 9.59 Å². The molecule has 1 saturated heterocycles. The number of amides is 6. The number of hydrogen-bond acceptors (Lipinski definition) is 11. The van der Waals surface area contributed by atoms with Crippen LogP contribution in [0.15, 0.2) is 72.9 Å². The first kappa shape index (κ1) is 40.2. The molecular weight excluding hydrogens is 763 g/mol. The molecule has 1 atom stereocenters. The number of nitrogens with one attached hydrogen (secondary N) is 4. The van der Waals surface area contributed by atoms with Gasteiger partial charge in [0.2, 0.25) is 17.8 Å². The zero-order chi connectivity index (χ0) is 41.8. The highest BCUT2D eigenvalue weighted by Crippen LogP contribution is 2.43. The number of carbonyl (C=O) groups excluding carboxylic acids is 6. The van der Waals surface area contributed by atoms with Gasteiger partial charge in [0.15, 0.2) is 5.82 Å². The number of nitrogens with zero attached hydrogens (tertiary/aromatic N) is 5. The molecule has 4 aromatic rings. The van der Waals surface area contributed by atoms with Gasteiger partial charge in [0.1, 0.15) is 11.7 Å². The fourth-order valence-electron chi connectivity index (χ4n) is 8.55. The van der Waals surface area contributed by atoms with Crippen LogP contribution in [0.2, 0.25) is 0 Å². The van der Waals surface area contributed by atoms with Crippen LogP contribution in [0.25, 0.3) is 0 Å². The highest BCUT2D eigenvalue weighted by atomic mass is 16.2. The summed E-state index contributed by atoms with van der Waals surface area (Å²) in [5, 5.41) is 11.8. The maximum Gasteiger partial charge on any atom is 0.262 e. The first-order valence-electron chi connectivity index (χ1n) is 21.0. The summed E-state index contributed by atoms with van der Waals surface area (Å²) in [6.07, 6.45) is 12.1. The molecule has 3 aliphatic heterocycles. The minimum Gasteiger partial charge on any atom is -0.385 e. The van der Waals surface area contributed by atoms with Gasteiger partial charge in [0.25, 0.3) is 23.6 Å². The van der Waals surface area contributed by atoms with E-state index in [1.54, 1.807) is 48.5 Å². The lowest BCUT2D eigenvalue weighted by atomic mass is 10.0. The van der Waals surface area contributed by atoms with Gasteiger partial charge in [0, 0.05) is 49.5 Å². The summed E-state index contributed by atoms with van der Waals surface area (Å²) in [4.78, 5) is 90.5. The summed E-state index contributed by atoms with van der Waals surface area (Å²) in [5.41, 5.74) is 4.72. The molecule has 60 heavy (non-hydrogen) atoms. The lowest BCUT2D eigenvalue weighted by molar-refractivity contribution is -0.136. The first-order chi connectivity index (χ1) is 29.2. The van der Waals surface area contributed by atoms with Gasteiger partial charge in [-0.15, -0.1) is 0 Å². The van der Waals surface area contributed by atoms with Crippen molar-refractivity contribution in [2.45, 2.75) is 89.1 Å². The Kier molecular flexibility index (Phi) is 11.8. The third-order valence-corrected chi connectivity index (χ3v) is 11.8. The molecule has 0 spiro atoms. The minimum atomic E-state index is -0.982. The average molecular weight is 812 g/mol. The van der Waals surface area contributed by atoms with E-state index >= 15 is 0 Å². The standard InChI is InChI=1S/C45H49N9O6/c1-52-37-27-48-45(51-39(37)53(31-12-6-7-13-31)35-15-9-8-14-33(35)42(52)58)49-29-18-16-28(17-19-29)40(56)47-25-11-5-3-2-4-10-24-46-30-20-21-32-34(26-30)44(60)54(43(32)59)36-22-23-38(55)50-41(36)57/h8-9,14-21,26-27,31,36,46H,2-7,10-13,22-25H2,1H3,(H,47,56)(H,48,49,51)(H,50,55,57). The van der Waals surface area contributed by atoms with Crippen molar-refractivity contribution < 1.29 is 28.8 Å². The topological polar surface area (TPSA) is 186 Å². The second-order valence-corrected chi connectivity index (χ2v) is 15.8. The second kappa shape index (κ2) is 17.7. The van der Waals surface area contributed by atoms with Crippen molar-refractivity contribution in [3.8, 4) is 0 Å². The van der Waals surface area contributed by atoms with Gasteiger partial charge in [0.05, 0.1) is 28.6 Å². The largest absolute Gasteiger partial charge is 0.385 e. The van der Waals surface area contributed by atoms with E-state index < -0.39 is 29.7 Å². The number of benzene rings is 3. The number of imide groups is 2. The van der Waals surface area contributed by atoms with Crippen LogP contribution in [0.3, 0.4) is 0 Å². The number of rotatable bonds is 15. The highest BCUT2D eigenvalue weighted by Gasteiger charge is 2.44. The van der Waals surface area contributed by atoms with E-state index in [1.807, 2.05) is 36.4 Å². The van der Waals surface area contributed by atoms with Crippen molar-refractivity contribution in [2.75, 3.05) is 40.6 Å². The second-order valence-electron chi connectivity index (χ2n) is 15.8. The predicted octanol–water partition coefficient (Wildman–Crippen LogP) is 6.47. The van der Waals surface area contributed by atoms with Gasteiger partial charge < -0.3 is 25.8 Å².